The zero-order chi connectivity index (χ0) is 32.8. The number of fused-ring (bicyclic) bond motifs is 1. The number of aromatic nitrogens is 1. The second-order valence-electron chi connectivity index (χ2n) is 11.3. The summed E-state index contributed by atoms with van der Waals surface area (Å²) in [6.07, 6.45) is 0.747. The van der Waals surface area contributed by atoms with Crippen LogP contribution in [0, 0.1) is 5.41 Å². The molecule has 0 unspecified atom stereocenters. The molecule has 2 aliphatic rings. The van der Waals surface area contributed by atoms with Crippen LogP contribution in [0.3, 0.4) is 0 Å². The van der Waals surface area contributed by atoms with E-state index < -0.39 is 65.0 Å². The monoisotopic (exact) mass is 654 g/mol. The van der Waals surface area contributed by atoms with Crippen molar-refractivity contribution in [2.45, 2.75) is 58.6 Å². The molecule has 0 spiro atoms. The SMILES string of the molecule is CO/N=C(\C(=O)N[C@@H]1C(=O)N2C(C(=O)OCOC(=O)C(C)(C)C)=CCS[C@H]12)c1csc(NC(=O)CNC(=O)OC(C)(C)C)n1. The summed E-state index contributed by atoms with van der Waals surface area (Å²) < 4.78 is 15.1. The maximum atomic E-state index is 13.1. The number of nitrogens with zero attached hydrogens (tertiary/aromatic N) is 3. The second kappa shape index (κ2) is 14.1. The summed E-state index contributed by atoms with van der Waals surface area (Å²) in [5, 5.41) is 12.1. The smallest absolute Gasteiger partial charge is 0.408 e. The first kappa shape index (κ1) is 34.3. The number of anilines is 1. The van der Waals surface area contributed by atoms with Crippen molar-refractivity contribution in [3.8, 4) is 0 Å². The lowest BCUT2D eigenvalue weighted by molar-refractivity contribution is -0.173. The number of carbonyl (C=O) groups is 6. The first-order chi connectivity index (χ1) is 20.5. The molecule has 4 amide bonds. The number of rotatable bonds is 10. The molecule has 1 saturated heterocycles. The topological polar surface area (TPSA) is 204 Å². The fourth-order valence-electron chi connectivity index (χ4n) is 3.53. The van der Waals surface area contributed by atoms with E-state index in [1.54, 1.807) is 41.5 Å². The van der Waals surface area contributed by atoms with Crippen LogP contribution in [0.5, 0.6) is 0 Å². The van der Waals surface area contributed by atoms with Crippen molar-refractivity contribution in [3.05, 3.63) is 22.8 Å². The molecule has 44 heavy (non-hydrogen) atoms. The zero-order valence-electron chi connectivity index (χ0n) is 25.2. The molecule has 0 saturated carbocycles. The van der Waals surface area contributed by atoms with Gasteiger partial charge in [-0.05, 0) is 47.6 Å². The van der Waals surface area contributed by atoms with Gasteiger partial charge < -0.3 is 35.0 Å². The van der Waals surface area contributed by atoms with E-state index in [9.17, 15) is 28.8 Å². The summed E-state index contributed by atoms with van der Waals surface area (Å²) in [5.41, 5.74) is -1.74. The Bertz CT molecular complexity index is 1380. The van der Waals surface area contributed by atoms with Gasteiger partial charge in [0.15, 0.2) is 10.8 Å². The normalized spacial score (nSPS) is 18.2. The Morgan fingerprint density at radius 2 is 1.82 bits per heavy atom. The maximum absolute atomic E-state index is 13.1. The largest absolute Gasteiger partial charge is 0.444 e. The van der Waals surface area contributed by atoms with Crippen LogP contribution >= 0.6 is 23.1 Å². The van der Waals surface area contributed by atoms with Gasteiger partial charge in [0, 0.05) is 11.1 Å². The quantitative estimate of drug-likeness (QED) is 0.108. The number of hydrogen-bond acceptors (Lipinski definition) is 14. The van der Waals surface area contributed by atoms with Crippen molar-refractivity contribution in [1.82, 2.24) is 20.5 Å². The molecule has 3 rings (SSSR count). The molecule has 0 aliphatic carbocycles. The van der Waals surface area contributed by atoms with E-state index in [0.717, 1.165) is 11.3 Å². The number of nitrogens with one attached hydrogen (secondary N) is 3. The molecule has 3 N–H and O–H groups in total. The number of oxime groups is 1. The highest BCUT2D eigenvalue weighted by Crippen LogP contribution is 2.38. The minimum absolute atomic E-state index is 0.0251. The summed E-state index contributed by atoms with van der Waals surface area (Å²) in [7, 11) is 1.22. The summed E-state index contributed by atoms with van der Waals surface area (Å²) in [6.45, 7) is 9.02. The third kappa shape index (κ3) is 8.91. The lowest BCUT2D eigenvalue weighted by Gasteiger charge is -2.48. The van der Waals surface area contributed by atoms with E-state index in [1.165, 1.54) is 35.2 Å². The molecule has 1 fully saturated rings. The van der Waals surface area contributed by atoms with Crippen molar-refractivity contribution < 1.29 is 47.8 Å². The van der Waals surface area contributed by atoms with Crippen LogP contribution in [0.1, 0.15) is 47.2 Å². The van der Waals surface area contributed by atoms with Crippen LogP contribution in [0.15, 0.2) is 22.3 Å². The number of hydrogen-bond donors (Lipinski definition) is 3. The number of esters is 2. The van der Waals surface area contributed by atoms with Crippen LogP contribution < -0.4 is 16.0 Å². The molecule has 16 nitrogen and oxygen atoms in total. The third-order valence-electron chi connectivity index (χ3n) is 5.52. The maximum Gasteiger partial charge on any atom is 0.408 e. The number of ether oxygens (including phenoxy) is 3. The van der Waals surface area contributed by atoms with Crippen molar-refractivity contribution in [2.75, 3.05) is 31.5 Å². The van der Waals surface area contributed by atoms with Crippen LogP contribution in [-0.2, 0) is 43.0 Å². The van der Waals surface area contributed by atoms with Crippen molar-refractivity contribution >= 4 is 69.7 Å². The number of carbonyl (C=O) groups excluding carboxylic acids is 6. The molecule has 0 radical (unpaired) electrons. The molecule has 0 aromatic carbocycles. The Labute approximate surface area is 261 Å². The predicted molar refractivity (Wildman–Crippen MR) is 158 cm³/mol. The molecule has 1 aromatic heterocycles. The van der Waals surface area contributed by atoms with Gasteiger partial charge in [0.25, 0.3) is 11.8 Å². The van der Waals surface area contributed by atoms with E-state index >= 15 is 0 Å². The Morgan fingerprint density at radius 1 is 1.11 bits per heavy atom. The average molecular weight is 655 g/mol. The minimum Gasteiger partial charge on any atom is -0.444 e. The Balaban J connectivity index is 1.57. The highest BCUT2D eigenvalue weighted by atomic mass is 32.2. The number of thiazole rings is 1. The molecule has 240 valence electrons. The van der Waals surface area contributed by atoms with Crippen molar-refractivity contribution in [2.24, 2.45) is 10.6 Å². The molecule has 18 heteroatoms. The summed E-state index contributed by atoms with van der Waals surface area (Å²) in [5.74, 6) is -2.99. The number of β-lactam (4-membered cyclic amide) rings is 1. The number of alkyl carbamates (subject to hydrolysis) is 1. The molecule has 3 heterocycles. The molecule has 0 bridgehead atoms. The van der Waals surface area contributed by atoms with Gasteiger partial charge in [-0.2, -0.15) is 0 Å². The Kier molecular flexibility index (Phi) is 11.0. The third-order valence-corrected chi connectivity index (χ3v) is 7.46. The van der Waals surface area contributed by atoms with Gasteiger partial charge in [0.05, 0.1) is 5.41 Å². The summed E-state index contributed by atoms with van der Waals surface area (Å²) >= 11 is 2.30. The highest BCUT2D eigenvalue weighted by molar-refractivity contribution is 8.00. The zero-order valence-corrected chi connectivity index (χ0v) is 26.8. The Hall–Kier alpha value is -4.19. The highest BCUT2D eigenvalue weighted by Gasteiger charge is 2.53. The van der Waals surface area contributed by atoms with Crippen LogP contribution in [-0.4, -0.2) is 94.6 Å². The molecular formula is C26H34N6O10S2. The molecule has 2 atom stereocenters. The second-order valence-corrected chi connectivity index (χ2v) is 13.3. The van der Waals surface area contributed by atoms with Gasteiger partial charge in [-0.25, -0.2) is 14.6 Å². The number of amides is 4. The van der Waals surface area contributed by atoms with Gasteiger partial charge >= 0.3 is 18.0 Å². The van der Waals surface area contributed by atoms with E-state index in [-0.39, 0.29) is 28.8 Å². The fraction of sp³-hybridized carbons (Fsp3) is 0.538. The molecule has 1 aromatic rings. The molecule has 2 aliphatic heterocycles. The van der Waals surface area contributed by atoms with Crippen LogP contribution in [0.4, 0.5) is 9.93 Å². The summed E-state index contributed by atoms with van der Waals surface area (Å²) in [4.78, 5) is 84.8. The van der Waals surface area contributed by atoms with E-state index in [0.29, 0.717) is 5.75 Å². The van der Waals surface area contributed by atoms with E-state index in [4.69, 9.17) is 19.0 Å². The first-order valence-electron chi connectivity index (χ1n) is 13.2. The predicted octanol–water partition coefficient (Wildman–Crippen LogP) is 1.33. The lowest BCUT2D eigenvalue weighted by atomic mass is 9.98. The van der Waals surface area contributed by atoms with Crippen LogP contribution in [0.25, 0.3) is 0 Å². The summed E-state index contributed by atoms with van der Waals surface area (Å²) in [6, 6.07) is -0.999. The van der Waals surface area contributed by atoms with Crippen molar-refractivity contribution in [1.29, 1.82) is 0 Å². The van der Waals surface area contributed by atoms with Gasteiger partial charge in [0.1, 0.15) is 42.1 Å². The fourth-order valence-corrected chi connectivity index (χ4v) is 5.44. The van der Waals surface area contributed by atoms with Gasteiger partial charge in [0.2, 0.25) is 12.7 Å². The molecular weight excluding hydrogens is 620 g/mol. The van der Waals surface area contributed by atoms with Gasteiger partial charge in [-0.1, -0.05) is 5.16 Å². The minimum atomic E-state index is -0.999. The van der Waals surface area contributed by atoms with Crippen LogP contribution in [0.2, 0.25) is 0 Å². The first-order valence-corrected chi connectivity index (χ1v) is 15.1. The van der Waals surface area contributed by atoms with E-state index in [2.05, 4.69) is 26.1 Å². The van der Waals surface area contributed by atoms with Gasteiger partial charge in [-0.15, -0.1) is 23.1 Å². The van der Waals surface area contributed by atoms with Crippen molar-refractivity contribution in [3.63, 3.8) is 0 Å². The number of thioether (sulfide) groups is 1. The average Bonchev–Trinajstić information content (AvgIpc) is 3.38. The standard InChI is InChI=1S/C26H34N6O10S2/c1-25(2,3)22(37)41-12-40-21(36)14-8-9-43-20-17(19(35)32(14)20)30-18(34)16(31-39-7)13-11-44-23(28-13)29-15(33)10-27-24(38)42-26(4,5)6/h8,11,17,20H,9-10,12H2,1-7H3,(H,27,38)(H,30,34)(H,28,29,33)/b31-16-/t17-,20-/m1/s1. The van der Waals surface area contributed by atoms with E-state index in [1.807, 2.05) is 0 Å². The van der Waals surface area contributed by atoms with Gasteiger partial charge in [-0.3, -0.25) is 24.1 Å². The lowest BCUT2D eigenvalue weighted by Crippen LogP contribution is -2.70. The Morgan fingerprint density at radius 3 is 2.45 bits per heavy atom.